The molecule has 180 valence electrons. The molecule has 3 aromatic rings. The molecule has 4 rings (SSSR count). The van der Waals surface area contributed by atoms with Crippen molar-refractivity contribution < 1.29 is 14.3 Å². The van der Waals surface area contributed by atoms with Crippen LogP contribution in [0.25, 0.3) is 0 Å². The average Bonchev–Trinajstić information content (AvgIpc) is 3.41. The zero-order chi connectivity index (χ0) is 24.1. The molecule has 1 aliphatic rings. The van der Waals surface area contributed by atoms with Crippen molar-refractivity contribution in [3.8, 4) is 11.5 Å². The number of hydrogen-bond acceptors (Lipinski definition) is 5. The molecule has 1 N–H and O–H groups in total. The van der Waals surface area contributed by atoms with E-state index in [1.807, 2.05) is 48.0 Å². The van der Waals surface area contributed by atoms with Gasteiger partial charge in [-0.15, -0.1) is 0 Å². The van der Waals surface area contributed by atoms with Crippen LogP contribution in [0.15, 0.2) is 48.5 Å². The fourth-order valence-electron chi connectivity index (χ4n) is 4.79. The van der Waals surface area contributed by atoms with Crippen molar-refractivity contribution in [3.05, 3.63) is 76.6 Å². The molecule has 7 heteroatoms. The Bertz CT molecular complexity index is 1130. The lowest BCUT2D eigenvalue weighted by Crippen LogP contribution is -2.36. The minimum absolute atomic E-state index is 0.0170. The first-order valence-electron chi connectivity index (χ1n) is 11.8. The summed E-state index contributed by atoms with van der Waals surface area (Å²) in [5, 5.41) is 7.82. The summed E-state index contributed by atoms with van der Waals surface area (Å²) < 4.78 is 13.0. The second-order valence-corrected chi connectivity index (χ2v) is 8.81. The SMILES string of the molecule is COc1ccc(OC)c(C2CCCN2CC(=O)NCc2c(C)nn(Cc3ccccc3)c2C)c1. The molecule has 1 aromatic heterocycles. The highest BCUT2D eigenvalue weighted by atomic mass is 16.5. The van der Waals surface area contributed by atoms with Crippen LogP contribution in [0.5, 0.6) is 11.5 Å². The lowest BCUT2D eigenvalue weighted by molar-refractivity contribution is -0.122. The Morgan fingerprint density at radius 1 is 1.12 bits per heavy atom. The van der Waals surface area contributed by atoms with E-state index >= 15 is 0 Å². The van der Waals surface area contributed by atoms with Gasteiger partial charge >= 0.3 is 0 Å². The third-order valence-corrected chi connectivity index (χ3v) is 6.68. The molecule has 1 saturated heterocycles. The van der Waals surface area contributed by atoms with Crippen molar-refractivity contribution in [2.24, 2.45) is 0 Å². The monoisotopic (exact) mass is 462 g/mol. The molecule has 2 aromatic carbocycles. The van der Waals surface area contributed by atoms with Crippen LogP contribution in [0.2, 0.25) is 0 Å². The van der Waals surface area contributed by atoms with Gasteiger partial charge < -0.3 is 14.8 Å². The molecule has 7 nitrogen and oxygen atoms in total. The van der Waals surface area contributed by atoms with Crippen molar-refractivity contribution in [3.63, 3.8) is 0 Å². The number of aryl methyl sites for hydroxylation is 1. The van der Waals surface area contributed by atoms with Gasteiger partial charge in [0.15, 0.2) is 0 Å². The van der Waals surface area contributed by atoms with Gasteiger partial charge in [-0.25, -0.2) is 0 Å². The largest absolute Gasteiger partial charge is 0.497 e. The summed E-state index contributed by atoms with van der Waals surface area (Å²) >= 11 is 0. The maximum absolute atomic E-state index is 12.9. The van der Waals surface area contributed by atoms with Gasteiger partial charge in [-0.3, -0.25) is 14.4 Å². The van der Waals surface area contributed by atoms with Crippen LogP contribution in [-0.2, 0) is 17.9 Å². The van der Waals surface area contributed by atoms with E-state index in [1.165, 1.54) is 5.56 Å². The Morgan fingerprint density at radius 2 is 1.91 bits per heavy atom. The average molecular weight is 463 g/mol. The molecule has 34 heavy (non-hydrogen) atoms. The van der Waals surface area contributed by atoms with Gasteiger partial charge in [-0.1, -0.05) is 30.3 Å². The van der Waals surface area contributed by atoms with Gasteiger partial charge in [0.1, 0.15) is 11.5 Å². The molecule has 0 bridgehead atoms. The fraction of sp³-hybridized carbons (Fsp3) is 0.407. The molecule has 1 atom stereocenters. The predicted octanol–water partition coefficient (Wildman–Crippen LogP) is 4.02. The summed E-state index contributed by atoms with van der Waals surface area (Å²) in [6.45, 7) is 6.50. The minimum atomic E-state index is 0.0170. The molecular formula is C27H34N4O3. The second-order valence-electron chi connectivity index (χ2n) is 8.81. The Morgan fingerprint density at radius 3 is 2.65 bits per heavy atom. The van der Waals surface area contributed by atoms with E-state index in [4.69, 9.17) is 14.6 Å². The van der Waals surface area contributed by atoms with Crippen molar-refractivity contribution in [2.45, 2.75) is 45.8 Å². The molecule has 2 heterocycles. The van der Waals surface area contributed by atoms with E-state index < -0.39 is 0 Å². The number of rotatable bonds is 9. The van der Waals surface area contributed by atoms with Crippen molar-refractivity contribution in [1.82, 2.24) is 20.0 Å². The highest BCUT2D eigenvalue weighted by molar-refractivity contribution is 5.78. The topological polar surface area (TPSA) is 68.6 Å². The van der Waals surface area contributed by atoms with Crippen LogP contribution in [0, 0.1) is 13.8 Å². The second kappa shape index (κ2) is 10.7. The van der Waals surface area contributed by atoms with Gasteiger partial charge in [0, 0.05) is 29.4 Å². The highest BCUT2D eigenvalue weighted by Gasteiger charge is 2.30. The number of carbonyl (C=O) groups is 1. The molecule has 0 aliphatic carbocycles. The van der Waals surface area contributed by atoms with Crippen molar-refractivity contribution in [2.75, 3.05) is 27.3 Å². The summed E-state index contributed by atoms with van der Waals surface area (Å²) in [5.74, 6) is 1.64. The smallest absolute Gasteiger partial charge is 0.234 e. The van der Waals surface area contributed by atoms with Crippen molar-refractivity contribution >= 4 is 5.91 Å². The first-order chi connectivity index (χ1) is 16.5. The first kappa shape index (κ1) is 23.8. The maximum atomic E-state index is 12.9. The third kappa shape index (κ3) is 5.25. The van der Waals surface area contributed by atoms with Crippen LogP contribution >= 0.6 is 0 Å². The Balaban J connectivity index is 1.40. The summed E-state index contributed by atoms with van der Waals surface area (Å²) in [6, 6.07) is 16.3. The maximum Gasteiger partial charge on any atom is 0.234 e. The standard InChI is InChI=1S/C27H34N4O3/c1-19-24(20(2)31(29-19)17-21-9-6-5-7-10-21)16-28-27(32)18-30-14-8-11-25(30)23-15-22(33-3)12-13-26(23)34-4/h5-7,9-10,12-13,15,25H,8,11,14,16-18H2,1-4H3,(H,28,32). The van der Waals surface area contributed by atoms with E-state index in [1.54, 1.807) is 14.2 Å². The van der Waals surface area contributed by atoms with Crippen molar-refractivity contribution in [1.29, 1.82) is 0 Å². The van der Waals surface area contributed by atoms with Gasteiger partial charge in [0.2, 0.25) is 5.91 Å². The van der Waals surface area contributed by atoms with E-state index in [0.717, 1.165) is 59.9 Å². The van der Waals surface area contributed by atoms with E-state index in [2.05, 4.69) is 29.3 Å². The minimum Gasteiger partial charge on any atom is -0.497 e. The predicted molar refractivity (Wildman–Crippen MR) is 132 cm³/mol. The highest BCUT2D eigenvalue weighted by Crippen LogP contribution is 2.38. The Labute approximate surface area is 201 Å². The summed E-state index contributed by atoms with van der Waals surface area (Å²) in [5.41, 5.74) is 5.39. The van der Waals surface area contributed by atoms with Crippen LogP contribution in [-0.4, -0.2) is 47.9 Å². The summed E-state index contributed by atoms with van der Waals surface area (Å²) in [4.78, 5) is 15.1. The number of benzene rings is 2. The number of nitrogens with one attached hydrogen (secondary N) is 1. The number of likely N-dealkylation sites (tertiary alicyclic amines) is 1. The summed E-state index contributed by atoms with van der Waals surface area (Å²) in [6.07, 6.45) is 2.03. The van der Waals surface area contributed by atoms with E-state index in [0.29, 0.717) is 13.1 Å². The summed E-state index contributed by atoms with van der Waals surface area (Å²) in [7, 11) is 3.34. The number of methoxy groups -OCH3 is 2. The fourth-order valence-corrected chi connectivity index (χ4v) is 4.79. The van der Waals surface area contributed by atoms with Gasteiger partial charge in [0.05, 0.1) is 33.0 Å². The van der Waals surface area contributed by atoms with Gasteiger partial charge in [-0.05, 0) is 57.0 Å². The lowest BCUT2D eigenvalue weighted by atomic mass is 10.0. The number of carbonyl (C=O) groups excluding carboxylic acids is 1. The lowest BCUT2D eigenvalue weighted by Gasteiger charge is -2.26. The van der Waals surface area contributed by atoms with E-state index in [-0.39, 0.29) is 11.9 Å². The molecule has 1 aliphatic heterocycles. The zero-order valence-corrected chi connectivity index (χ0v) is 20.5. The number of hydrogen-bond donors (Lipinski definition) is 1. The molecular weight excluding hydrogens is 428 g/mol. The Kier molecular flexibility index (Phi) is 7.53. The van der Waals surface area contributed by atoms with Crippen LogP contribution in [0.1, 0.15) is 47.0 Å². The first-order valence-corrected chi connectivity index (χ1v) is 11.8. The van der Waals surface area contributed by atoms with E-state index in [9.17, 15) is 4.79 Å². The molecule has 0 saturated carbocycles. The normalized spacial score (nSPS) is 15.9. The molecule has 1 unspecified atom stereocenters. The molecule has 1 amide bonds. The number of amides is 1. The number of ether oxygens (including phenoxy) is 2. The molecule has 0 radical (unpaired) electrons. The molecule has 0 spiro atoms. The van der Waals surface area contributed by atoms with Gasteiger partial charge in [-0.2, -0.15) is 5.10 Å². The number of nitrogens with zero attached hydrogens (tertiary/aromatic N) is 3. The van der Waals surface area contributed by atoms with Gasteiger partial charge in [0.25, 0.3) is 0 Å². The number of aromatic nitrogens is 2. The molecule has 1 fully saturated rings. The Hall–Kier alpha value is -3.32. The van der Waals surface area contributed by atoms with Crippen LogP contribution in [0.4, 0.5) is 0 Å². The van der Waals surface area contributed by atoms with Crippen LogP contribution < -0.4 is 14.8 Å². The third-order valence-electron chi connectivity index (χ3n) is 6.68. The quantitative estimate of drug-likeness (QED) is 0.520. The van der Waals surface area contributed by atoms with Crippen LogP contribution in [0.3, 0.4) is 0 Å². The zero-order valence-electron chi connectivity index (χ0n) is 20.5.